The number of phenolic OH excluding ortho intramolecular Hbond substituents is 1. The van der Waals surface area contributed by atoms with E-state index in [1.165, 1.54) is 23.1 Å². The molecule has 3 aromatic carbocycles. The molecule has 1 N–H and O–H groups in total. The van der Waals surface area contributed by atoms with Crippen LogP contribution >= 0.6 is 15.9 Å². The third-order valence-corrected chi connectivity index (χ3v) is 5.66. The molecule has 0 aliphatic carbocycles. The van der Waals surface area contributed by atoms with E-state index in [-0.39, 0.29) is 17.1 Å². The highest BCUT2D eigenvalue weighted by Gasteiger charge is 2.33. The summed E-state index contributed by atoms with van der Waals surface area (Å²) in [7, 11) is 0. The molecular formula is C25H19BrN2O5. The third-order valence-electron chi connectivity index (χ3n) is 5.04. The van der Waals surface area contributed by atoms with E-state index in [0.717, 1.165) is 15.6 Å². The Bertz CT molecular complexity index is 1300. The molecule has 1 amide bonds. The lowest BCUT2D eigenvalue weighted by molar-refractivity contribution is -0.384. The molecule has 166 valence electrons. The zero-order valence-electron chi connectivity index (χ0n) is 17.6. The van der Waals surface area contributed by atoms with Crippen molar-refractivity contribution >= 4 is 45.0 Å². The van der Waals surface area contributed by atoms with Crippen LogP contribution in [0.5, 0.6) is 11.5 Å². The van der Waals surface area contributed by atoms with Crippen LogP contribution in [0.25, 0.3) is 11.8 Å². The van der Waals surface area contributed by atoms with Gasteiger partial charge in [-0.3, -0.25) is 19.8 Å². The largest absolute Gasteiger partial charge is 0.506 e. The lowest BCUT2D eigenvalue weighted by Crippen LogP contribution is -2.25. The number of anilines is 1. The summed E-state index contributed by atoms with van der Waals surface area (Å²) in [5, 5.41) is 21.8. The van der Waals surface area contributed by atoms with Gasteiger partial charge in [-0.25, -0.2) is 0 Å². The minimum Gasteiger partial charge on any atom is -0.506 e. The van der Waals surface area contributed by atoms with Gasteiger partial charge in [0.15, 0.2) is 0 Å². The van der Waals surface area contributed by atoms with Gasteiger partial charge in [-0.15, -0.1) is 0 Å². The summed E-state index contributed by atoms with van der Waals surface area (Å²) in [4.78, 5) is 25.5. The first-order chi connectivity index (χ1) is 15.9. The zero-order chi connectivity index (χ0) is 23.5. The number of nitro groups is 1. The van der Waals surface area contributed by atoms with E-state index in [0.29, 0.717) is 23.6 Å². The number of hydrogen-bond acceptors (Lipinski definition) is 5. The fourth-order valence-electron chi connectivity index (χ4n) is 3.54. The molecule has 0 radical (unpaired) electrons. The topological polar surface area (TPSA) is 92.9 Å². The highest BCUT2D eigenvalue weighted by Crippen LogP contribution is 2.41. The number of carbonyl (C=O) groups excluding carboxylic acids is 1. The fraction of sp³-hybridized carbons (Fsp3) is 0.0800. The van der Waals surface area contributed by atoms with E-state index >= 15 is 0 Å². The summed E-state index contributed by atoms with van der Waals surface area (Å²) < 4.78 is 6.29. The number of phenols is 1. The van der Waals surface area contributed by atoms with Crippen molar-refractivity contribution in [1.82, 2.24) is 0 Å². The normalized spacial score (nSPS) is 14.5. The molecule has 1 aliphatic heterocycles. The number of nitro benzene ring substituents is 1. The maximum atomic E-state index is 13.5. The standard InChI is InChI=1S/C25H19BrN2O5/c1-2-33-24-11-8-16(13-20(24)26)12-18-14-21(17-6-4-3-5-7-17)27(25(18)30)22-15-19(28(31)32)9-10-23(22)29/h3-15,29H,2H2,1H3/b18-12+. The molecule has 7 nitrogen and oxygen atoms in total. The predicted octanol–water partition coefficient (Wildman–Crippen LogP) is 5.93. The van der Waals surface area contributed by atoms with E-state index in [1.54, 1.807) is 12.2 Å². The van der Waals surface area contributed by atoms with E-state index in [4.69, 9.17) is 4.74 Å². The minimum absolute atomic E-state index is 0.0422. The molecule has 1 heterocycles. The van der Waals surface area contributed by atoms with Crippen molar-refractivity contribution < 1.29 is 19.6 Å². The average Bonchev–Trinajstić information content (AvgIpc) is 3.12. The molecule has 0 saturated carbocycles. The van der Waals surface area contributed by atoms with Crippen LogP contribution in [0.2, 0.25) is 0 Å². The number of non-ortho nitro benzene ring substituents is 1. The summed E-state index contributed by atoms with van der Waals surface area (Å²) in [6.45, 7) is 2.43. The molecule has 3 aromatic rings. The van der Waals surface area contributed by atoms with Crippen LogP contribution in [0.1, 0.15) is 18.1 Å². The Morgan fingerprint density at radius 2 is 1.88 bits per heavy atom. The Balaban J connectivity index is 1.82. The van der Waals surface area contributed by atoms with Crippen molar-refractivity contribution in [3.8, 4) is 11.5 Å². The Morgan fingerprint density at radius 3 is 2.55 bits per heavy atom. The van der Waals surface area contributed by atoms with Crippen LogP contribution in [-0.2, 0) is 4.79 Å². The molecule has 1 aliphatic rings. The molecular weight excluding hydrogens is 488 g/mol. The first kappa shape index (κ1) is 22.3. The summed E-state index contributed by atoms with van der Waals surface area (Å²) in [5.74, 6) is 0.0524. The van der Waals surface area contributed by atoms with Crippen LogP contribution in [0, 0.1) is 10.1 Å². The second-order valence-electron chi connectivity index (χ2n) is 7.19. The average molecular weight is 507 g/mol. The highest BCUT2D eigenvalue weighted by atomic mass is 79.9. The molecule has 0 atom stereocenters. The van der Waals surface area contributed by atoms with Crippen molar-refractivity contribution in [2.45, 2.75) is 6.92 Å². The zero-order valence-corrected chi connectivity index (χ0v) is 19.2. The number of aromatic hydroxyl groups is 1. The Hall–Kier alpha value is -3.91. The Labute approximate surface area is 198 Å². The molecule has 0 unspecified atom stereocenters. The Morgan fingerprint density at radius 1 is 1.12 bits per heavy atom. The number of hydrogen-bond donors (Lipinski definition) is 1. The summed E-state index contributed by atoms with van der Waals surface area (Å²) >= 11 is 3.48. The van der Waals surface area contributed by atoms with Gasteiger partial charge in [0.1, 0.15) is 11.5 Å². The number of carbonyl (C=O) groups is 1. The van der Waals surface area contributed by atoms with E-state index in [2.05, 4.69) is 15.9 Å². The van der Waals surface area contributed by atoms with Gasteiger partial charge in [0, 0.05) is 17.7 Å². The van der Waals surface area contributed by atoms with Gasteiger partial charge < -0.3 is 9.84 Å². The summed E-state index contributed by atoms with van der Waals surface area (Å²) in [6, 6.07) is 18.3. The first-order valence-corrected chi connectivity index (χ1v) is 10.9. The van der Waals surface area contributed by atoms with Gasteiger partial charge in [0.2, 0.25) is 0 Å². The van der Waals surface area contributed by atoms with Crippen molar-refractivity contribution in [2.75, 3.05) is 11.5 Å². The maximum absolute atomic E-state index is 13.5. The highest BCUT2D eigenvalue weighted by molar-refractivity contribution is 9.10. The smallest absolute Gasteiger partial charge is 0.271 e. The minimum atomic E-state index is -0.566. The maximum Gasteiger partial charge on any atom is 0.271 e. The van der Waals surface area contributed by atoms with E-state index in [1.807, 2.05) is 55.5 Å². The second kappa shape index (κ2) is 9.30. The van der Waals surface area contributed by atoms with Gasteiger partial charge >= 0.3 is 0 Å². The van der Waals surface area contributed by atoms with Gasteiger partial charge in [0.25, 0.3) is 11.6 Å². The molecule has 0 spiro atoms. The SMILES string of the molecule is CCOc1ccc(/C=C2\C=C(c3ccccc3)N(c3cc([N+](=O)[O-])ccc3O)C2=O)cc1Br. The summed E-state index contributed by atoms with van der Waals surface area (Å²) in [6.07, 6.45) is 3.43. The number of benzene rings is 3. The number of halogens is 1. The quantitative estimate of drug-likeness (QED) is 0.254. The van der Waals surface area contributed by atoms with E-state index < -0.39 is 10.8 Å². The van der Waals surface area contributed by atoms with Gasteiger partial charge in [-0.05, 0) is 64.3 Å². The van der Waals surface area contributed by atoms with Crippen molar-refractivity contribution in [3.05, 3.63) is 104 Å². The monoisotopic (exact) mass is 506 g/mol. The lowest BCUT2D eigenvalue weighted by atomic mass is 10.1. The van der Waals surface area contributed by atoms with Crippen LogP contribution in [0.15, 0.2) is 82.9 Å². The van der Waals surface area contributed by atoms with Crippen LogP contribution in [0.4, 0.5) is 11.4 Å². The van der Waals surface area contributed by atoms with Crippen molar-refractivity contribution in [1.29, 1.82) is 0 Å². The third kappa shape index (κ3) is 4.51. The van der Waals surface area contributed by atoms with Crippen LogP contribution < -0.4 is 9.64 Å². The molecule has 0 bridgehead atoms. The lowest BCUT2D eigenvalue weighted by Gasteiger charge is -2.21. The summed E-state index contributed by atoms with van der Waals surface area (Å²) in [5.41, 5.74) is 2.19. The molecule has 8 heteroatoms. The predicted molar refractivity (Wildman–Crippen MR) is 130 cm³/mol. The van der Waals surface area contributed by atoms with Crippen molar-refractivity contribution in [3.63, 3.8) is 0 Å². The Kier molecular flexibility index (Phi) is 6.28. The molecule has 4 rings (SSSR count). The molecule has 0 aromatic heterocycles. The number of amides is 1. The van der Waals surface area contributed by atoms with Crippen molar-refractivity contribution in [2.24, 2.45) is 0 Å². The second-order valence-corrected chi connectivity index (χ2v) is 8.04. The van der Waals surface area contributed by atoms with Crippen LogP contribution in [0.3, 0.4) is 0 Å². The molecule has 33 heavy (non-hydrogen) atoms. The molecule has 0 saturated heterocycles. The van der Waals surface area contributed by atoms with Gasteiger partial charge in [-0.2, -0.15) is 0 Å². The first-order valence-electron chi connectivity index (χ1n) is 10.1. The molecule has 0 fully saturated rings. The fourth-order valence-corrected chi connectivity index (χ4v) is 4.05. The van der Waals surface area contributed by atoms with Gasteiger partial charge in [-0.1, -0.05) is 36.4 Å². The number of nitrogens with zero attached hydrogens (tertiary/aromatic N) is 2. The van der Waals surface area contributed by atoms with E-state index in [9.17, 15) is 20.0 Å². The number of rotatable bonds is 6. The van der Waals surface area contributed by atoms with Gasteiger partial charge in [0.05, 0.1) is 27.4 Å². The number of ether oxygens (including phenoxy) is 1. The van der Waals surface area contributed by atoms with Crippen LogP contribution in [-0.4, -0.2) is 22.5 Å².